The van der Waals surface area contributed by atoms with Gasteiger partial charge in [0, 0.05) is 39.6 Å². The Balaban J connectivity index is 2.04. The summed E-state index contributed by atoms with van der Waals surface area (Å²) in [6.07, 6.45) is 1.95. The van der Waals surface area contributed by atoms with Gasteiger partial charge in [-0.1, -0.05) is 12.2 Å². The smallest absolute Gasteiger partial charge is 0.104 e. The summed E-state index contributed by atoms with van der Waals surface area (Å²) >= 11 is 4.99. The van der Waals surface area contributed by atoms with Crippen molar-refractivity contribution in [2.24, 2.45) is 5.73 Å². The van der Waals surface area contributed by atoms with Gasteiger partial charge in [-0.25, -0.2) is 0 Å². The third-order valence-electron chi connectivity index (χ3n) is 3.25. The van der Waals surface area contributed by atoms with Gasteiger partial charge in [-0.2, -0.15) is 0 Å². The first kappa shape index (κ1) is 13.5. The van der Waals surface area contributed by atoms with Crippen LogP contribution >= 0.6 is 12.2 Å². The lowest BCUT2D eigenvalue weighted by molar-refractivity contribution is 0.624. The van der Waals surface area contributed by atoms with E-state index in [1.165, 1.54) is 0 Å². The van der Waals surface area contributed by atoms with Crippen LogP contribution in [0.25, 0.3) is 0 Å². The summed E-state index contributed by atoms with van der Waals surface area (Å²) < 4.78 is 11.3. The molecule has 0 bridgehead atoms. The van der Waals surface area contributed by atoms with Crippen molar-refractivity contribution in [2.75, 3.05) is 16.8 Å². The highest BCUT2D eigenvalue weighted by molar-refractivity contribution is 7.85. The normalized spacial score (nSPS) is 23.6. The van der Waals surface area contributed by atoms with E-state index in [1.807, 2.05) is 19.1 Å². The van der Waals surface area contributed by atoms with E-state index in [4.69, 9.17) is 18.0 Å². The first-order chi connectivity index (χ1) is 8.56. The average molecular weight is 282 g/mol. The van der Waals surface area contributed by atoms with Crippen molar-refractivity contribution in [3.05, 3.63) is 29.3 Å². The molecule has 98 valence electrons. The number of thiocarbonyl (C=S) groups is 1. The standard InChI is InChI=1S/C13H18N2OS2/c1-9-8-11(2-3-12(9)13(14)17)15-10-4-6-18(16)7-5-10/h2-3,8,10,15H,4-7H2,1H3,(H2,14,17). The largest absolute Gasteiger partial charge is 0.389 e. The highest BCUT2D eigenvalue weighted by atomic mass is 32.2. The van der Waals surface area contributed by atoms with Crippen molar-refractivity contribution in [2.45, 2.75) is 25.8 Å². The third kappa shape index (κ3) is 3.29. The summed E-state index contributed by atoms with van der Waals surface area (Å²) in [7, 11) is -0.607. The number of hydrogen-bond acceptors (Lipinski definition) is 3. The molecular weight excluding hydrogens is 264 g/mol. The molecule has 3 nitrogen and oxygen atoms in total. The molecule has 3 N–H and O–H groups in total. The van der Waals surface area contributed by atoms with Crippen LogP contribution in [0.4, 0.5) is 5.69 Å². The van der Waals surface area contributed by atoms with Gasteiger partial charge >= 0.3 is 0 Å². The van der Waals surface area contributed by atoms with Crippen molar-refractivity contribution in [1.29, 1.82) is 0 Å². The predicted molar refractivity (Wildman–Crippen MR) is 81.6 cm³/mol. The summed E-state index contributed by atoms with van der Waals surface area (Å²) in [5.41, 5.74) is 8.75. The van der Waals surface area contributed by atoms with Gasteiger partial charge in [0.05, 0.1) is 0 Å². The fraction of sp³-hybridized carbons (Fsp3) is 0.462. The lowest BCUT2D eigenvalue weighted by Gasteiger charge is -2.24. The molecule has 18 heavy (non-hydrogen) atoms. The molecule has 1 heterocycles. The minimum absolute atomic E-state index is 0.428. The van der Waals surface area contributed by atoms with Crippen molar-refractivity contribution < 1.29 is 4.21 Å². The molecule has 0 saturated carbocycles. The summed E-state index contributed by atoms with van der Waals surface area (Å²) in [6.45, 7) is 2.01. The van der Waals surface area contributed by atoms with Crippen LogP contribution in [0.3, 0.4) is 0 Å². The minimum atomic E-state index is -0.607. The van der Waals surface area contributed by atoms with Crippen LogP contribution in [-0.4, -0.2) is 26.7 Å². The van der Waals surface area contributed by atoms with Crippen LogP contribution in [0.5, 0.6) is 0 Å². The number of anilines is 1. The van der Waals surface area contributed by atoms with Gasteiger partial charge in [0.1, 0.15) is 4.99 Å². The van der Waals surface area contributed by atoms with Gasteiger partial charge < -0.3 is 11.1 Å². The Morgan fingerprint density at radius 3 is 2.67 bits per heavy atom. The number of aryl methyl sites for hydroxylation is 1. The molecule has 1 aliphatic rings. The maximum absolute atomic E-state index is 11.3. The van der Waals surface area contributed by atoms with E-state index in [1.54, 1.807) is 0 Å². The van der Waals surface area contributed by atoms with Crippen LogP contribution in [0.15, 0.2) is 18.2 Å². The Morgan fingerprint density at radius 1 is 1.44 bits per heavy atom. The zero-order valence-electron chi connectivity index (χ0n) is 10.4. The molecule has 1 aliphatic heterocycles. The number of nitrogens with one attached hydrogen (secondary N) is 1. The van der Waals surface area contributed by atoms with E-state index in [9.17, 15) is 4.21 Å². The van der Waals surface area contributed by atoms with Crippen molar-refractivity contribution in [3.63, 3.8) is 0 Å². The molecule has 1 aromatic carbocycles. The third-order valence-corrected chi connectivity index (χ3v) is 4.85. The van der Waals surface area contributed by atoms with E-state index in [-0.39, 0.29) is 0 Å². The molecule has 0 radical (unpaired) electrons. The zero-order chi connectivity index (χ0) is 13.1. The molecular formula is C13H18N2OS2. The quantitative estimate of drug-likeness (QED) is 0.832. The van der Waals surface area contributed by atoms with Gasteiger partial charge in [-0.15, -0.1) is 0 Å². The molecule has 1 aromatic rings. The summed E-state index contributed by atoms with van der Waals surface area (Å²) in [4.78, 5) is 0.437. The Labute approximate surface area is 116 Å². The predicted octanol–water partition coefficient (Wildman–Crippen LogP) is 1.95. The highest BCUT2D eigenvalue weighted by Gasteiger charge is 2.17. The number of nitrogens with two attached hydrogens (primary N) is 1. The van der Waals surface area contributed by atoms with Gasteiger partial charge in [0.25, 0.3) is 0 Å². The van der Waals surface area contributed by atoms with Crippen LogP contribution < -0.4 is 11.1 Å². The van der Waals surface area contributed by atoms with E-state index in [0.717, 1.165) is 41.2 Å². The second-order valence-electron chi connectivity index (χ2n) is 4.66. The molecule has 0 spiro atoms. The monoisotopic (exact) mass is 282 g/mol. The van der Waals surface area contributed by atoms with Crippen LogP contribution in [0.1, 0.15) is 24.0 Å². The number of hydrogen-bond donors (Lipinski definition) is 2. The van der Waals surface area contributed by atoms with Crippen LogP contribution in [-0.2, 0) is 10.8 Å². The molecule has 1 fully saturated rings. The lowest BCUT2D eigenvalue weighted by Crippen LogP contribution is -2.29. The maximum Gasteiger partial charge on any atom is 0.104 e. The summed E-state index contributed by atoms with van der Waals surface area (Å²) in [6, 6.07) is 6.46. The number of rotatable bonds is 3. The molecule has 0 amide bonds. The Hall–Kier alpha value is -0.940. The second kappa shape index (κ2) is 5.80. The molecule has 2 rings (SSSR count). The minimum Gasteiger partial charge on any atom is -0.389 e. The average Bonchev–Trinajstić information content (AvgIpc) is 2.32. The first-order valence-electron chi connectivity index (χ1n) is 6.08. The van der Waals surface area contributed by atoms with Crippen molar-refractivity contribution in [3.8, 4) is 0 Å². The lowest BCUT2D eigenvalue weighted by atomic mass is 10.1. The second-order valence-corrected chi connectivity index (χ2v) is 6.80. The Morgan fingerprint density at radius 2 is 2.11 bits per heavy atom. The van der Waals surface area contributed by atoms with Crippen LogP contribution in [0.2, 0.25) is 0 Å². The summed E-state index contributed by atoms with van der Waals surface area (Å²) in [5, 5.41) is 3.49. The maximum atomic E-state index is 11.3. The highest BCUT2D eigenvalue weighted by Crippen LogP contribution is 2.19. The van der Waals surface area contributed by atoms with Crippen molar-refractivity contribution in [1.82, 2.24) is 0 Å². The van der Waals surface area contributed by atoms with E-state index < -0.39 is 10.8 Å². The van der Waals surface area contributed by atoms with E-state index in [2.05, 4.69) is 11.4 Å². The van der Waals surface area contributed by atoms with E-state index >= 15 is 0 Å². The van der Waals surface area contributed by atoms with E-state index in [0.29, 0.717) is 11.0 Å². The SMILES string of the molecule is Cc1cc(NC2CCS(=O)CC2)ccc1C(N)=S. The molecule has 0 unspecified atom stereocenters. The van der Waals surface area contributed by atoms with Gasteiger partial charge in [-0.05, 0) is 43.5 Å². The van der Waals surface area contributed by atoms with Gasteiger partial charge in [-0.3, -0.25) is 4.21 Å². The molecule has 0 aliphatic carbocycles. The zero-order valence-corrected chi connectivity index (χ0v) is 12.1. The van der Waals surface area contributed by atoms with Crippen LogP contribution in [0, 0.1) is 6.92 Å². The molecule has 0 aromatic heterocycles. The topological polar surface area (TPSA) is 55.1 Å². The fourth-order valence-electron chi connectivity index (χ4n) is 2.20. The molecule has 5 heteroatoms. The van der Waals surface area contributed by atoms with Gasteiger partial charge in [0.15, 0.2) is 0 Å². The molecule has 1 saturated heterocycles. The molecule has 0 atom stereocenters. The summed E-state index contributed by atoms with van der Waals surface area (Å²) in [5.74, 6) is 1.61. The Bertz CT molecular complexity index is 478. The van der Waals surface area contributed by atoms with Crippen molar-refractivity contribution >= 4 is 33.7 Å². The first-order valence-corrected chi connectivity index (χ1v) is 7.98. The fourth-order valence-corrected chi connectivity index (χ4v) is 3.73. The van der Waals surface area contributed by atoms with Gasteiger partial charge in [0.2, 0.25) is 0 Å². The number of benzene rings is 1. The Kier molecular flexibility index (Phi) is 4.35.